The van der Waals surface area contributed by atoms with Crippen LogP contribution in [-0.2, 0) is 0 Å². The maximum Gasteiger partial charge on any atom is 0.261 e. The van der Waals surface area contributed by atoms with Crippen molar-refractivity contribution in [1.82, 2.24) is 0 Å². The summed E-state index contributed by atoms with van der Waals surface area (Å²) >= 11 is 3.34. The molecule has 0 spiro atoms. The number of rotatable bonds is 2. The second kappa shape index (κ2) is 5.81. The first-order valence-electron chi connectivity index (χ1n) is 6.13. The zero-order chi connectivity index (χ0) is 15.7. The molecular weight excluding hydrogens is 342 g/mol. The van der Waals surface area contributed by atoms with Crippen LogP contribution in [0.25, 0.3) is 0 Å². The maximum atomic E-state index is 13.8. The molecule has 0 fully saturated rings. The van der Waals surface area contributed by atoms with Gasteiger partial charge in [0.15, 0.2) is 5.82 Å². The molecule has 2 aromatic rings. The van der Waals surface area contributed by atoms with Gasteiger partial charge in [-0.15, -0.1) is 0 Å². The number of nitrogen functional groups attached to an aromatic ring is 1. The third kappa shape index (κ3) is 3.05. The van der Waals surface area contributed by atoms with Gasteiger partial charge in [-0.3, -0.25) is 4.79 Å². The van der Waals surface area contributed by atoms with Crippen LogP contribution in [0.1, 0.15) is 21.5 Å². The van der Waals surface area contributed by atoms with Gasteiger partial charge in [0.25, 0.3) is 5.91 Å². The van der Waals surface area contributed by atoms with Crippen LogP contribution in [0.4, 0.5) is 20.2 Å². The van der Waals surface area contributed by atoms with Gasteiger partial charge in [-0.05, 0) is 49.2 Å². The van der Waals surface area contributed by atoms with Crippen LogP contribution in [0, 0.1) is 25.5 Å². The van der Waals surface area contributed by atoms with Crippen molar-refractivity contribution in [3.05, 3.63) is 57.1 Å². The van der Waals surface area contributed by atoms with E-state index in [1.54, 1.807) is 26.0 Å². The lowest BCUT2D eigenvalue weighted by Gasteiger charge is -2.13. The molecule has 0 aliphatic carbocycles. The van der Waals surface area contributed by atoms with Crippen molar-refractivity contribution in [2.75, 3.05) is 11.1 Å². The molecule has 0 radical (unpaired) electrons. The number of carbonyl (C=O) groups excluding carboxylic acids is 1. The highest BCUT2D eigenvalue weighted by atomic mass is 79.9. The molecule has 110 valence electrons. The first-order valence-corrected chi connectivity index (χ1v) is 6.92. The molecule has 0 saturated heterocycles. The van der Waals surface area contributed by atoms with E-state index in [1.165, 1.54) is 0 Å². The Balaban J connectivity index is 2.42. The Labute approximate surface area is 129 Å². The summed E-state index contributed by atoms with van der Waals surface area (Å²) in [5, 5.41) is 2.54. The van der Waals surface area contributed by atoms with Crippen molar-refractivity contribution in [1.29, 1.82) is 0 Å². The lowest BCUT2D eigenvalue weighted by atomic mass is 10.1. The molecule has 0 bridgehead atoms. The first kappa shape index (κ1) is 15.4. The number of nitrogens with one attached hydrogen (secondary N) is 1. The summed E-state index contributed by atoms with van der Waals surface area (Å²) in [7, 11) is 0. The Morgan fingerprint density at radius 1 is 1.19 bits per heavy atom. The van der Waals surface area contributed by atoms with Crippen LogP contribution < -0.4 is 11.1 Å². The highest BCUT2D eigenvalue weighted by Crippen LogP contribution is 2.27. The van der Waals surface area contributed by atoms with E-state index < -0.39 is 23.1 Å². The summed E-state index contributed by atoms with van der Waals surface area (Å²) in [6.07, 6.45) is 0. The largest absolute Gasteiger partial charge is 0.396 e. The van der Waals surface area contributed by atoms with E-state index in [9.17, 15) is 13.6 Å². The Morgan fingerprint density at radius 2 is 1.76 bits per heavy atom. The molecule has 1 amide bonds. The Morgan fingerprint density at radius 3 is 2.33 bits per heavy atom. The Bertz CT molecular complexity index is 709. The van der Waals surface area contributed by atoms with E-state index in [-0.39, 0.29) is 5.69 Å². The van der Waals surface area contributed by atoms with E-state index in [2.05, 4.69) is 21.2 Å². The predicted molar refractivity (Wildman–Crippen MR) is 82.3 cm³/mol. The van der Waals surface area contributed by atoms with Gasteiger partial charge in [0.1, 0.15) is 11.4 Å². The van der Waals surface area contributed by atoms with Gasteiger partial charge in [0, 0.05) is 10.2 Å². The molecule has 2 rings (SSSR count). The molecule has 6 heteroatoms. The predicted octanol–water partition coefficient (Wildman–Crippen LogP) is 4.18. The molecule has 0 aromatic heterocycles. The van der Waals surface area contributed by atoms with E-state index >= 15 is 0 Å². The maximum absolute atomic E-state index is 13.8. The minimum absolute atomic E-state index is 0.272. The molecule has 3 nitrogen and oxygen atoms in total. The number of hydrogen-bond donors (Lipinski definition) is 2. The molecule has 0 unspecified atom stereocenters. The fourth-order valence-electron chi connectivity index (χ4n) is 2.06. The number of benzene rings is 2. The Kier molecular flexibility index (Phi) is 4.27. The van der Waals surface area contributed by atoms with Crippen LogP contribution in [0.3, 0.4) is 0 Å². The number of carbonyl (C=O) groups is 1. The number of nitrogens with two attached hydrogens (primary N) is 1. The van der Waals surface area contributed by atoms with Crippen molar-refractivity contribution < 1.29 is 13.6 Å². The van der Waals surface area contributed by atoms with Crippen LogP contribution in [0.15, 0.2) is 28.7 Å². The molecule has 21 heavy (non-hydrogen) atoms. The van der Waals surface area contributed by atoms with Crippen molar-refractivity contribution in [3.8, 4) is 0 Å². The molecule has 0 aliphatic heterocycles. The van der Waals surface area contributed by atoms with Gasteiger partial charge in [0.2, 0.25) is 0 Å². The van der Waals surface area contributed by atoms with E-state index in [1.807, 2.05) is 0 Å². The summed E-state index contributed by atoms with van der Waals surface area (Å²) < 4.78 is 28.4. The minimum Gasteiger partial charge on any atom is -0.396 e. The molecular formula is C15H13BrF2N2O. The van der Waals surface area contributed by atoms with Gasteiger partial charge in [-0.1, -0.05) is 15.9 Å². The molecule has 2 aromatic carbocycles. The van der Waals surface area contributed by atoms with Crippen molar-refractivity contribution >= 4 is 33.2 Å². The summed E-state index contributed by atoms with van der Waals surface area (Å²) in [6, 6.07) is 5.65. The quantitative estimate of drug-likeness (QED) is 0.794. The van der Waals surface area contributed by atoms with Crippen LogP contribution in [-0.4, -0.2) is 5.91 Å². The van der Waals surface area contributed by atoms with Gasteiger partial charge in [-0.2, -0.15) is 0 Å². The highest BCUT2D eigenvalue weighted by Gasteiger charge is 2.20. The monoisotopic (exact) mass is 354 g/mol. The number of amides is 1. The fourth-order valence-corrected chi connectivity index (χ4v) is 2.75. The second-order valence-corrected chi connectivity index (χ2v) is 5.61. The summed E-state index contributed by atoms with van der Waals surface area (Å²) in [4.78, 5) is 12.1. The van der Waals surface area contributed by atoms with Crippen molar-refractivity contribution in [2.45, 2.75) is 13.8 Å². The third-order valence-electron chi connectivity index (χ3n) is 3.08. The lowest BCUT2D eigenvalue weighted by molar-refractivity contribution is 0.101. The number of halogens is 3. The fraction of sp³-hybridized carbons (Fsp3) is 0.133. The summed E-state index contributed by atoms with van der Waals surface area (Å²) in [5.41, 5.74) is 6.49. The number of hydrogen-bond acceptors (Lipinski definition) is 2. The van der Waals surface area contributed by atoms with Crippen LogP contribution in [0.5, 0.6) is 0 Å². The Hall–Kier alpha value is -1.95. The first-order chi connectivity index (χ1) is 9.81. The zero-order valence-electron chi connectivity index (χ0n) is 11.4. The molecule has 3 N–H and O–H groups in total. The average molecular weight is 355 g/mol. The van der Waals surface area contributed by atoms with E-state index in [0.29, 0.717) is 5.69 Å². The van der Waals surface area contributed by atoms with Crippen LogP contribution in [0.2, 0.25) is 0 Å². The highest BCUT2D eigenvalue weighted by molar-refractivity contribution is 9.10. The minimum atomic E-state index is -1.06. The zero-order valence-corrected chi connectivity index (χ0v) is 13.0. The molecule has 0 saturated carbocycles. The topological polar surface area (TPSA) is 55.1 Å². The van der Waals surface area contributed by atoms with Gasteiger partial charge < -0.3 is 11.1 Å². The number of aryl methyl sites for hydroxylation is 2. The van der Waals surface area contributed by atoms with Crippen molar-refractivity contribution in [2.24, 2.45) is 0 Å². The van der Waals surface area contributed by atoms with Crippen LogP contribution >= 0.6 is 15.9 Å². The third-order valence-corrected chi connectivity index (χ3v) is 3.54. The summed E-state index contributed by atoms with van der Waals surface area (Å²) in [6.45, 7) is 3.58. The van der Waals surface area contributed by atoms with Crippen molar-refractivity contribution in [3.63, 3.8) is 0 Å². The van der Waals surface area contributed by atoms with Gasteiger partial charge >= 0.3 is 0 Å². The standard InChI is InChI=1S/C15H13BrF2N2O/c1-7-5-9(16)6-8(2)14(7)20-15(21)12-10(17)3-4-11(19)13(12)18/h3-6H,19H2,1-2H3,(H,20,21). The molecule has 0 aliphatic rings. The number of anilines is 2. The van der Waals surface area contributed by atoms with E-state index in [0.717, 1.165) is 27.7 Å². The van der Waals surface area contributed by atoms with E-state index in [4.69, 9.17) is 5.73 Å². The van der Waals surface area contributed by atoms with Gasteiger partial charge in [-0.25, -0.2) is 8.78 Å². The smallest absolute Gasteiger partial charge is 0.261 e. The van der Waals surface area contributed by atoms with Gasteiger partial charge in [0.05, 0.1) is 5.69 Å². The molecule has 0 atom stereocenters. The summed E-state index contributed by atoms with van der Waals surface area (Å²) in [5.74, 6) is -2.88. The normalized spacial score (nSPS) is 10.5. The average Bonchev–Trinajstić information content (AvgIpc) is 2.38. The lowest BCUT2D eigenvalue weighted by Crippen LogP contribution is -2.18. The molecule has 0 heterocycles. The SMILES string of the molecule is Cc1cc(Br)cc(C)c1NC(=O)c1c(F)ccc(N)c1F. The second-order valence-electron chi connectivity index (χ2n) is 4.69.